The lowest BCUT2D eigenvalue weighted by atomic mass is 9.86. The molecule has 2 aromatic carbocycles. The molecule has 0 amide bonds. The van der Waals surface area contributed by atoms with Crippen LogP contribution in [0.5, 0.6) is 5.75 Å². The van der Waals surface area contributed by atoms with Crippen molar-refractivity contribution in [2.75, 3.05) is 26.2 Å². The van der Waals surface area contributed by atoms with Gasteiger partial charge >= 0.3 is 0 Å². The summed E-state index contributed by atoms with van der Waals surface area (Å²) in [4.78, 5) is 7.39. The van der Waals surface area contributed by atoms with Crippen LogP contribution in [-0.2, 0) is 6.42 Å². The van der Waals surface area contributed by atoms with E-state index in [1.807, 2.05) is 36.1 Å². The summed E-state index contributed by atoms with van der Waals surface area (Å²) < 4.78 is 79.6. The van der Waals surface area contributed by atoms with Gasteiger partial charge in [-0.05, 0) is 57.6 Å². The highest BCUT2D eigenvalue weighted by molar-refractivity contribution is 5.85. The first kappa shape index (κ1) is 28.5. The zero-order valence-electron chi connectivity index (χ0n) is 23.8. The Hall–Kier alpha value is -2.65. The van der Waals surface area contributed by atoms with Gasteiger partial charge in [0.1, 0.15) is 29.2 Å². The zero-order valence-corrected chi connectivity index (χ0v) is 23.8. The number of H-pyrrole nitrogens is 1. The summed E-state index contributed by atoms with van der Waals surface area (Å²) in [5.41, 5.74) is 0.885. The molecule has 4 nitrogen and oxygen atoms in total. The maximum absolute atomic E-state index is 15.9. The molecule has 9 heteroatoms. The van der Waals surface area contributed by atoms with Gasteiger partial charge in [0.2, 0.25) is 5.92 Å². The molecule has 0 spiro atoms. The number of benzene rings is 2. The highest BCUT2D eigenvalue weighted by Crippen LogP contribution is 2.44. The number of halogens is 5. The quantitative estimate of drug-likeness (QED) is 0.298. The van der Waals surface area contributed by atoms with Crippen molar-refractivity contribution in [1.82, 2.24) is 14.8 Å². The van der Waals surface area contributed by atoms with Crippen LogP contribution in [0.2, 0.25) is 0 Å². The van der Waals surface area contributed by atoms with Gasteiger partial charge in [-0.2, -0.15) is 0 Å². The standard InChI is InChI=1S/C32H38F5N3O/c1-19-12-24-23-6-4-5-7-27(23)38-29(24)30(40(19)18-31(2,3)35)28-25(33)13-21(14-26(28)34)41-22-16-39(17-22)15-20-8-10-32(36,37)11-9-20/h4-7,13-14,19-20,22,30,38H,8-12,15-18H2,1-3H3/t19-,30?/m1/s1. The maximum Gasteiger partial charge on any atom is 0.248 e. The fourth-order valence-corrected chi connectivity index (χ4v) is 6.98. The average Bonchev–Trinajstić information content (AvgIpc) is 3.22. The van der Waals surface area contributed by atoms with Crippen molar-refractivity contribution in [3.05, 3.63) is 64.9 Å². The first-order valence-corrected chi connectivity index (χ1v) is 14.7. The fraction of sp³-hybridized carbons (Fsp3) is 0.562. The normalized spacial score (nSPS) is 24.4. The summed E-state index contributed by atoms with van der Waals surface area (Å²) in [5, 5.41) is 1.01. The Bertz CT molecular complexity index is 1380. The Morgan fingerprint density at radius 3 is 2.37 bits per heavy atom. The van der Waals surface area contributed by atoms with E-state index in [9.17, 15) is 13.2 Å². The maximum atomic E-state index is 15.9. The second-order valence-corrected chi connectivity index (χ2v) is 13.0. The number of rotatable bonds is 7. The molecule has 1 saturated heterocycles. The Morgan fingerprint density at radius 1 is 1.05 bits per heavy atom. The van der Waals surface area contributed by atoms with Crippen LogP contribution < -0.4 is 4.74 Å². The van der Waals surface area contributed by atoms with E-state index in [0.29, 0.717) is 38.0 Å². The smallest absolute Gasteiger partial charge is 0.248 e. The molecular weight excluding hydrogens is 537 g/mol. The molecule has 2 fully saturated rings. The van der Waals surface area contributed by atoms with Crippen LogP contribution in [0, 0.1) is 17.6 Å². The van der Waals surface area contributed by atoms with Gasteiger partial charge in [0.15, 0.2) is 0 Å². The third-order valence-electron chi connectivity index (χ3n) is 8.98. The third-order valence-corrected chi connectivity index (χ3v) is 8.98. The molecular formula is C32H38F5N3O. The number of alkyl halides is 3. The van der Waals surface area contributed by atoms with Crippen LogP contribution in [0.25, 0.3) is 10.9 Å². The SMILES string of the molecule is C[C@@H]1Cc2c([nH]c3ccccc23)C(c2c(F)cc(OC3CN(CC4CCC(F)(F)CC4)C3)cc2F)N1CC(C)(C)F. The van der Waals surface area contributed by atoms with Crippen molar-refractivity contribution in [3.8, 4) is 5.75 Å². The number of hydrogen-bond donors (Lipinski definition) is 1. The monoisotopic (exact) mass is 575 g/mol. The minimum Gasteiger partial charge on any atom is -0.488 e. The van der Waals surface area contributed by atoms with Crippen molar-refractivity contribution in [1.29, 1.82) is 0 Å². The van der Waals surface area contributed by atoms with Crippen LogP contribution >= 0.6 is 0 Å². The fourth-order valence-electron chi connectivity index (χ4n) is 6.98. The number of ether oxygens (including phenoxy) is 1. The van der Waals surface area contributed by atoms with Gasteiger partial charge in [0.05, 0.1) is 6.04 Å². The molecule has 0 bridgehead atoms. The number of aromatic nitrogens is 1. The lowest BCUT2D eigenvalue weighted by Gasteiger charge is -2.43. The molecule has 1 saturated carbocycles. The van der Waals surface area contributed by atoms with E-state index in [1.165, 1.54) is 26.0 Å². The molecule has 3 heterocycles. The van der Waals surface area contributed by atoms with E-state index in [0.717, 1.165) is 23.0 Å². The Labute approximate surface area is 237 Å². The van der Waals surface area contributed by atoms with E-state index >= 15 is 8.78 Å². The number of fused-ring (bicyclic) bond motifs is 3. The summed E-state index contributed by atoms with van der Waals surface area (Å²) in [6, 6.07) is 9.27. The number of likely N-dealkylation sites (tertiary alicyclic amines) is 1. The van der Waals surface area contributed by atoms with Crippen LogP contribution in [-0.4, -0.2) is 64.7 Å². The van der Waals surface area contributed by atoms with E-state index in [1.54, 1.807) is 0 Å². The van der Waals surface area contributed by atoms with Gasteiger partial charge in [-0.3, -0.25) is 9.80 Å². The molecule has 1 unspecified atom stereocenters. The second kappa shape index (κ2) is 10.6. The van der Waals surface area contributed by atoms with Crippen molar-refractivity contribution in [3.63, 3.8) is 0 Å². The first-order valence-electron chi connectivity index (χ1n) is 14.7. The van der Waals surface area contributed by atoms with Crippen molar-refractivity contribution < 1.29 is 26.7 Å². The summed E-state index contributed by atoms with van der Waals surface area (Å²) in [6.45, 7) is 6.87. The third kappa shape index (κ3) is 5.85. The van der Waals surface area contributed by atoms with E-state index in [-0.39, 0.29) is 48.8 Å². The van der Waals surface area contributed by atoms with E-state index in [4.69, 9.17) is 4.74 Å². The summed E-state index contributed by atoms with van der Waals surface area (Å²) in [7, 11) is 0. The molecule has 41 heavy (non-hydrogen) atoms. The molecule has 1 aromatic heterocycles. The highest BCUT2D eigenvalue weighted by Gasteiger charge is 2.42. The Morgan fingerprint density at radius 2 is 1.71 bits per heavy atom. The predicted molar refractivity (Wildman–Crippen MR) is 149 cm³/mol. The largest absolute Gasteiger partial charge is 0.488 e. The lowest BCUT2D eigenvalue weighted by molar-refractivity contribution is -0.0571. The average molecular weight is 576 g/mol. The minimum absolute atomic E-state index is 0.0152. The molecule has 222 valence electrons. The number of hydrogen-bond acceptors (Lipinski definition) is 3. The molecule has 1 N–H and O–H groups in total. The van der Waals surface area contributed by atoms with E-state index in [2.05, 4.69) is 9.88 Å². The predicted octanol–water partition coefficient (Wildman–Crippen LogP) is 7.42. The summed E-state index contributed by atoms with van der Waals surface area (Å²) in [6.07, 6.45) is 1.33. The summed E-state index contributed by atoms with van der Waals surface area (Å²) >= 11 is 0. The van der Waals surface area contributed by atoms with Gasteiger partial charge in [0.25, 0.3) is 0 Å². The van der Waals surface area contributed by atoms with Gasteiger partial charge in [-0.15, -0.1) is 0 Å². The van der Waals surface area contributed by atoms with Crippen molar-refractivity contribution >= 4 is 10.9 Å². The molecule has 3 aromatic rings. The molecule has 0 radical (unpaired) electrons. The first-order chi connectivity index (χ1) is 19.4. The minimum atomic E-state index is -2.54. The van der Waals surface area contributed by atoms with Crippen molar-refractivity contribution in [2.24, 2.45) is 5.92 Å². The van der Waals surface area contributed by atoms with Crippen LogP contribution in [0.3, 0.4) is 0 Å². The van der Waals surface area contributed by atoms with Gasteiger partial charge in [-0.25, -0.2) is 22.0 Å². The van der Waals surface area contributed by atoms with Gasteiger partial charge in [0, 0.05) is 79.4 Å². The number of para-hydroxylation sites is 1. The van der Waals surface area contributed by atoms with Crippen LogP contribution in [0.4, 0.5) is 22.0 Å². The molecule has 6 rings (SSSR count). The van der Waals surface area contributed by atoms with Gasteiger partial charge < -0.3 is 9.72 Å². The number of nitrogens with one attached hydrogen (secondary N) is 1. The van der Waals surface area contributed by atoms with Gasteiger partial charge in [-0.1, -0.05) is 18.2 Å². The molecule has 2 atom stereocenters. The second-order valence-electron chi connectivity index (χ2n) is 13.0. The van der Waals surface area contributed by atoms with Crippen LogP contribution in [0.1, 0.15) is 69.3 Å². The van der Waals surface area contributed by atoms with Crippen molar-refractivity contribution in [2.45, 2.75) is 82.7 Å². The topological polar surface area (TPSA) is 31.5 Å². The zero-order chi connectivity index (χ0) is 29.1. The number of nitrogens with zero attached hydrogens (tertiary/aromatic N) is 2. The summed E-state index contributed by atoms with van der Waals surface area (Å²) in [5.74, 6) is -3.64. The lowest BCUT2D eigenvalue weighted by Crippen LogP contribution is -2.55. The highest BCUT2D eigenvalue weighted by atomic mass is 19.3. The molecule has 3 aliphatic rings. The Kier molecular flexibility index (Phi) is 7.34. The van der Waals surface area contributed by atoms with E-state index < -0.39 is 29.3 Å². The molecule has 2 aliphatic heterocycles. The van der Waals surface area contributed by atoms with Crippen LogP contribution in [0.15, 0.2) is 36.4 Å². The molecule has 1 aliphatic carbocycles. The Balaban J connectivity index is 1.22. The number of aromatic amines is 1.